The number of halogens is 6. The number of urea groups is 1. The normalized spacial score (nSPS) is 12.4. The summed E-state index contributed by atoms with van der Waals surface area (Å²) >= 11 is 0. The minimum absolute atomic E-state index is 0.0201. The highest BCUT2D eigenvalue weighted by Gasteiger charge is 2.37. The van der Waals surface area contributed by atoms with Crippen molar-refractivity contribution in [2.75, 3.05) is 23.7 Å². The van der Waals surface area contributed by atoms with E-state index in [1.165, 1.54) is 0 Å². The number of alkyl halides is 6. The largest absolute Gasteiger partial charge is 0.416 e. The zero-order chi connectivity index (χ0) is 32.3. The van der Waals surface area contributed by atoms with Gasteiger partial charge in [0.15, 0.2) is 0 Å². The summed E-state index contributed by atoms with van der Waals surface area (Å²) in [5, 5.41) is 9.56. The first-order valence-corrected chi connectivity index (χ1v) is 13.6. The maximum Gasteiger partial charge on any atom is 0.416 e. The molecule has 7 nitrogen and oxygen atoms in total. The number of para-hydroxylation sites is 1. The van der Waals surface area contributed by atoms with E-state index in [4.69, 9.17) is 0 Å². The summed E-state index contributed by atoms with van der Waals surface area (Å²) in [6, 6.07) is 8.90. The van der Waals surface area contributed by atoms with E-state index in [0.717, 1.165) is 10.5 Å². The topological polar surface area (TPSA) is 79.3 Å². The lowest BCUT2D eigenvalue weighted by Crippen LogP contribution is -2.41. The van der Waals surface area contributed by atoms with Crippen LogP contribution in [0.15, 0.2) is 48.5 Å². The third-order valence-electron chi connectivity index (χ3n) is 6.53. The van der Waals surface area contributed by atoms with Crippen LogP contribution < -0.4 is 10.6 Å². The number of carbonyl (C=O) groups excluding carboxylic acids is 2. The van der Waals surface area contributed by atoms with Gasteiger partial charge in [-0.3, -0.25) is 4.79 Å². The fourth-order valence-electron chi connectivity index (χ4n) is 4.07. The molecule has 3 amide bonds. The predicted octanol–water partition coefficient (Wildman–Crippen LogP) is 8.03. The summed E-state index contributed by atoms with van der Waals surface area (Å²) in [5.41, 5.74) is -1.91. The molecule has 0 aliphatic heterocycles. The average molecular weight is 612 g/mol. The average Bonchev–Trinajstić information content (AvgIpc) is 3.29. The van der Waals surface area contributed by atoms with Crippen molar-refractivity contribution in [3.05, 3.63) is 70.9 Å². The Hall–Kier alpha value is -4.03. The van der Waals surface area contributed by atoms with E-state index in [0.29, 0.717) is 35.8 Å². The Morgan fingerprint density at radius 2 is 1.49 bits per heavy atom. The molecule has 0 saturated carbocycles. The number of aromatic nitrogens is 2. The quantitative estimate of drug-likeness (QED) is 0.253. The highest BCUT2D eigenvalue weighted by atomic mass is 19.4. The molecule has 234 valence electrons. The van der Waals surface area contributed by atoms with Crippen LogP contribution >= 0.6 is 0 Å². The van der Waals surface area contributed by atoms with Crippen LogP contribution in [-0.4, -0.2) is 39.7 Å². The van der Waals surface area contributed by atoms with E-state index < -0.39 is 47.6 Å². The molecule has 3 rings (SSSR count). The predicted molar refractivity (Wildman–Crippen MR) is 152 cm³/mol. The molecule has 0 fully saturated rings. The summed E-state index contributed by atoms with van der Waals surface area (Å²) in [6.45, 7) is 11.0. The van der Waals surface area contributed by atoms with E-state index in [1.54, 1.807) is 10.7 Å². The zero-order valence-electron chi connectivity index (χ0n) is 24.7. The van der Waals surface area contributed by atoms with Gasteiger partial charge in [0.25, 0.3) is 0 Å². The lowest BCUT2D eigenvalue weighted by atomic mass is 9.92. The van der Waals surface area contributed by atoms with Crippen molar-refractivity contribution in [1.29, 1.82) is 0 Å². The van der Waals surface area contributed by atoms with E-state index in [-0.39, 0.29) is 23.9 Å². The molecule has 0 atom stereocenters. The Kier molecular flexibility index (Phi) is 9.87. The minimum atomic E-state index is -5.08. The van der Waals surface area contributed by atoms with Crippen LogP contribution in [0.4, 0.5) is 42.6 Å². The summed E-state index contributed by atoms with van der Waals surface area (Å²) in [7, 11) is 0. The number of hydrogen-bond donors (Lipinski definition) is 2. The Bertz CT molecular complexity index is 1420. The first kappa shape index (κ1) is 33.5. The number of aryl methyl sites for hydroxylation is 1. The Balaban J connectivity index is 1.90. The fraction of sp³-hybridized carbons (Fsp3) is 0.433. The molecule has 1 aromatic heterocycles. The monoisotopic (exact) mass is 611 g/mol. The van der Waals surface area contributed by atoms with Gasteiger partial charge in [0.1, 0.15) is 12.4 Å². The van der Waals surface area contributed by atoms with Gasteiger partial charge in [0.2, 0.25) is 5.91 Å². The third-order valence-corrected chi connectivity index (χ3v) is 6.53. The molecule has 2 N–H and O–H groups in total. The zero-order valence-corrected chi connectivity index (χ0v) is 24.7. The number of amides is 3. The van der Waals surface area contributed by atoms with Crippen LogP contribution in [0.1, 0.15) is 63.4 Å². The van der Waals surface area contributed by atoms with E-state index in [2.05, 4.69) is 15.7 Å². The molecule has 0 spiro atoms. The van der Waals surface area contributed by atoms with Crippen molar-refractivity contribution in [1.82, 2.24) is 14.7 Å². The van der Waals surface area contributed by atoms with Crippen LogP contribution in [0.3, 0.4) is 0 Å². The molecule has 0 saturated heterocycles. The van der Waals surface area contributed by atoms with E-state index >= 15 is 0 Å². The minimum Gasteiger partial charge on any atom is -0.315 e. The van der Waals surface area contributed by atoms with Gasteiger partial charge in [0.05, 0.1) is 22.5 Å². The fourth-order valence-corrected chi connectivity index (χ4v) is 4.07. The summed E-state index contributed by atoms with van der Waals surface area (Å²) < 4.78 is 81.5. The highest BCUT2D eigenvalue weighted by molar-refractivity contribution is 5.97. The first-order valence-electron chi connectivity index (χ1n) is 13.6. The number of hydrogen-bond acceptors (Lipinski definition) is 3. The maximum absolute atomic E-state index is 13.3. The number of anilines is 2. The summed E-state index contributed by atoms with van der Waals surface area (Å²) in [6.07, 6.45) is -9.74. The standard InChI is InChI=1S/C30H35F6N5O2/c1-18(2)11-12-40(27(43)37-22-14-20(29(31,32)33)13-21(15-22)30(34,35)36)17-26(42)38-25-16-24(28(4,5)6)39-41(25)23-10-8-7-9-19(23)3/h7-10,13-16,18H,11-12,17H2,1-6H3,(H,37,43)(H,38,42). The van der Waals surface area contributed by atoms with Gasteiger partial charge in [-0.25, -0.2) is 9.48 Å². The van der Waals surface area contributed by atoms with Crippen LogP contribution in [0.2, 0.25) is 0 Å². The number of benzene rings is 2. The molecular weight excluding hydrogens is 576 g/mol. The van der Waals surface area contributed by atoms with Gasteiger partial charge in [-0.2, -0.15) is 31.4 Å². The van der Waals surface area contributed by atoms with Gasteiger partial charge < -0.3 is 15.5 Å². The van der Waals surface area contributed by atoms with Crippen LogP contribution in [0.5, 0.6) is 0 Å². The van der Waals surface area contributed by atoms with Gasteiger partial charge in [-0.1, -0.05) is 52.8 Å². The highest BCUT2D eigenvalue weighted by Crippen LogP contribution is 2.37. The molecule has 43 heavy (non-hydrogen) atoms. The smallest absolute Gasteiger partial charge is 0.315 e. The van der Waals surface area contributed by atoms with Crippen LogP contribution in [0.25, 0.3) is 5.69 Å². The molecule has 0 aliphatic rings. The number of rotatable bonds is 8. The lowest BCUT2D eigenvalue weighted by Gasteiger charge is -2.24. The first-order chi connectivity index (χ1) is 19.8. The number of nitrogens with one attached hydrogen (secondary N) is 2. The molecule has 3 aromatic rings. The van der Waals surface area contributed by atoms with Crippen LogP contribution in [-0.2, 0) is 22.6 Å². The SMILES string of the molecule is Cc1ccccc1-n1nc(C(C)(C)C)cc1NC(=O)CN(CCC(C)C)C(=O)Nc1cc(C(F)(F)F)cc(C(F)(F)F)c1. The lowest BCUT2D eigenvalue weighted by molar-refractivity contribution is -0.143. The summed E-state index contributed by atoms with van der Waals surface area (Å²) in [5.74, 6) is -0.212. The van der Waals surface area contributed by atoms with Crippen molar-refractivity contribution >= 4 is 23.4 Å². The van der Waals surface area contributed by atoms with Gasteiger partial charge >= 0.3 is 18.4 Å². The van der Waals surface area contributed by atoms with Crippen molar-refractivity contribution < 1.29 is 35.9 Å². The second-order valence-electron chi connectivity index (χ2n) is 11.7. The molecular formula is C30H35F6N5O2. The maximum atomic E-state index is 13.3. The molecule has 13 heteroatoms. The Morgan fingerprint density at radius 3 is 2.00 bits per heavy atom. The Labute approximate surface area is 246 Å². The Morgan fingerprint density at radius 1 is 0.907 bits per heavy atom. The van der Waals surface area contributed by atoms with E-state index in [9.17, 15) is 35.9 Å². The number of carbonyl (C=O) groups is 2. The second-order valence-corrected chi connectivity index (χ2v) is 11.7. The van der Waals surface area contributed by atoms with Crippen molar-refractivity contribution in [3.63, 3.8) is 0 Å². The second kappa shape index (κ2) is 12.7. The molecule has 1 heterocycles. The van der Waals surface area contributed by atoms with Gasteiger partial charge in [-0.05, 0) is 49.1 Å². The van der Waals surface area contributed by atoms with Crippen molar-refractivity contribution in [2.45, 2.75) is 65.7 Å². The molecule has 0 radical (unpaired) electrons. The van der Waals surface area contributed by atoms with Gasteiger partial charge in [0, 0.05) is 23.7 Å². The summed E-state index contributed by atoms with van der Waals surface area (Å²) in [4.78, 5) is 27.5. The molecule has 2 aromatic carbocycles. The molecule has 0 aliphatic carbocycles. The third kappa shape index (κ3) is 8.98. The molecule has 0 unspecified atom stereocenters. The molecule has 0 bridgehead atoms. The van der Waals surface area contributed by atoms with Gasteiger partial charge in [-0.15, -0.1) is 0 Å². The van der Waals surface area contributed by atoms with Crippen LogP contribution in [0, 0.1) is 12.8 Å². The van der Waals surface area contributed by atoms with Crippen molar-refractivity contribution in [3.8, 4) is 5.69 Å². The van der Waals surface area contributed by atoms with E-state index in [1.807, 2.05) is 65.8 Å². The van der Waals surface area contributed by atoms with Crippen molar-refractivity contribution in [2.24, 2.45) is 5.92 Å². The number of nitrogens with zero attached hydrogens (tertiary/aromatic N) is 3.